The zero-order valence-electron chi connectivity index (χ0n) is 9.73. The van der Waals surface area contributed by atoms with Crippen molar-refractivity contribution in [2.75, 3.05) is 6.61 Å². The number of rotatable bonds is 6. The number of unbranched alkanes of at least 4 members (excludes halogenated alkanes) is 1. The van der Waals surface area contributed by atoms with Gasteiger partial charge in [0, 0.05) is 12.5 Å². The van der Waals surface area contributed by atoms with E-state index in [4.69, 9.17) is 9.84 Å². The van der Waals surface area contributed by atoms with Crippen LogP contribution in [0.4, 0.5) is 0 Å². The molecule has 0 aliphatic heterocycles. The Morgan fingerprint density at radius 3 is 2.78 bits per heavy atom. The molecule has 3 N–H and O–H groups in total. The van der Waals surface area contributed by atoms with Crippen LogP contribution in [0.2, 0.25) is 0 Å². The monoisotopic (exact) mass is 250 g/mol. The molecule has 6 nitrogen and oxygen atoms in total. The van der Waals surface area contributed by atoms with E-state index in [1.165, 1.54) is 0 Å². The predicted octanol–water partition coefficient (Wildman–Crippen LogP) is 1.49. The van der Waals surface area contributed by atoms with Crippen molar-refractivity contribution in [3.8, 4) is 5.75 Å². The van der Waals surface area contributed by atoms with Crippen LogP contribution < -0.4 is 10.4 Å². The number of imidazole rings is 1. The molecule has 0 aliphatic carbocycles. The molecular formula is C12H14N2O4. The minimum absolute atomic E-state index is 0.160. The van der Waals surface area contributed by atoms with Gasteiger partial charge in [0.1, 0.15) is 5.75 Å². The average Bonchev–Trinajstić information content (AvgIpc) is 2.67. The van der Waals surface area contributed by atoms with Gasteiger partial charge in [0.2, 0.25) is 0 Å². The van der Waals surface area contributed by atoms with E-state index in [0.29, 0.717) is 30.7 Å². The lowest BCUT2D eigenvalue weighted by atomic mass is 10.2. The maximum atomic E-state index is 11.1. The molecule has 2 aromatic rings. The molecule has 2 rings (SSSR count). The first kappa shape index (κ1) is 12.2. The van der Waals surface area contributed by atoms with Crippen molar-refractivity contribution in [3.63, 3.8) is 0 Å². The van der Waals surface area contributed by atoms with E-state index >= 15 is 0 Å². The smallest absolute Gasteiger partial charge is 0.323 e. The molecule has 0 saturated heterocycles. The number of carboxylic acids is 1. The molecule has 0 saturated carbocycles. The second-order valence-electron chi connectivity index (χ2n) is 3.99. The van der Waals surface area contributed by atoms with Crippen LogP contribution in [-0.2, 0) is 4.79 Å². The minimum Gasteiger partial charge on any atom is -0.494 e. The van der Waals surface area contributed by atoms with Gasteiger partial charge in [-0.05, 0) is 25.0 Å². The van der Waals surface area contributed by atoms with E-state index in [2.05, 4.69) is 9.97 Å². The van der Waals surface area contributed by atoms with E-state index < -0.39 is 5.97 Å². The molecule has 0 radical (unpaired) electrons. The summed E-state index contributed by atoms with van der Waals surface area (Å²) in [6.07, 6.45) is 1.44. The first-order valence-electron chi connectivity index (χ1n) is 5.72. The number of benzene rings is 1. The number of nitrogens with one attached hydrogen (secondary N) is 2. The molecular weight excluding hydrogens is 236 g/mol. The second kappa shape index (κ2) is 5.39. The molecule has 1 heterocycles. The summed E-state index contributed by atoms with van der Waals surface area (Å²) in [6, 6.07) is 5.27. The number of hydrogen-bond acceptors (Lipinski definition) is 3. The number of carbonyl (C=O) groups is 1. The Labute approximate surface area is 103 Å². The number of aromatic amines is 2. The number of ether oxygens (including phenoxy) is 1. The summed E-state index contributed by atoms with van der Waals surface area (Å²) < 4.78 is 5.48. The molecule has 1 aromatic carbocycles. The summed E-state index contributed by atoms with van der Waals surface area (Å²) in [7, 11) is 0. The summed E-state index contributed by atoms with van der Waals surface area (Å²) >= 11 is 0. The van der Waals surface area contributed by atoms with Crippen LogP contribution in [0.15, 0.2) is 23.0 Å². The normalized spacial score (nSPS) is 10.7. The molecule has 6 heteroatoms. The number of H-pyrrole nitrogens is 2. The molecule has 96 valence electrons. The van der Waals surface area contributed by atoms with Crippen molar-refractivity contribution in [2.45, 2.75) is 19.3 Å². The Kier molecular flexibility index (Phi) is 3.66. The Balaban J connectivity index is 1.87. The van der Waals surface area contributed by atoms with Crippen molar-refractivity contribution < 1.29 is 14.6 Å². The highest BCUT2D eigenvalue weighted by Crippen LogP contribution is 2.17. The molecule has 18 heavy (non-hydrogen) atoms. The van der Waals surface area contributed by atoms with Crippen LogP contribution in [0, 0.1) is 0 Å². The quantitative estimate of drug-likeness (QED) is 0.677. The molecule has 0 spiro atoms. The highest BCUT2D eigenvalue weighted by atomic mass is 16.5. The third-order valence-electron chi connectivity index (χ3n) is 2.54. The summed E-state index contributed by atoms with van der Waals surface area (Å²) in [5.41, 5.74) is 1.19. The maximum absolute atomic E-state index is 11.1. The first-order valence-corrected chi connectivity index (χ1v) is 5.72. The zero-order chi connectivity index (χ0) is 13.0. The van der Waals surface area contributed by atoms with E-state index in [-0.39, 0.29) is 12.1 Å². The van der Waals surface area contributed by atoms with Crippen LogP contribution in [0.25, 0.3) is 11.0 Å². The van der Waals surface area contributed by atoms with Crippen LogP contribution in [0.3, 0.4) is 0 Å². The standard InChI is InChI=1S/C12H14N2O4/c15-11(16)3-1-2-6-18-8-4-5-9-10(7-8)14-12(17)13-9/h4-5,7H,1-3,6H2,(H,15,16)(H2,13,14,17). The largest absolute Gasteiger partial charge is 0.494 e. The lowest BCUT2D eigenvalue weighted by molar-refractivity contribution is -0.137. The topological polar surface area (TPSA) is 95.2 Å². The predicted molar refractivity (Wildman–Crippen MR) is 65.9 cm³/mol. The molecule has 0 atom stereocenters. The number of aliphatic carboxylic acids is 1. The SMILES string of the molecule is O=C(O)CCCCOc1ccc2[nH]c(=O)[nH]c2c1. The molecule has 0 unspecified atom stereocenters. The van der Waals surface area contributed by atoms with Crippen LogP contribution in [0.5, 0.6) is 5.75 Å². The van der Waals surface area contributed by atoms with Crippen LogP contribution in [-0.4, -0.2) is 27.7 Å². The zero-order valence-corrected chi connectivity index (χ0v) is 9.73. The summed E-state index contributed by atoms with van der Waals surface area (Å²) in [6.45, 7) is 0.466. The van der Waals surface area contributed by atoms with Gasteiger partial charge in [0.05, 0.1) is 17.6 Å². The van der Waals surface area contributed by atoms with Gasteiger partial charge in [-0.25, -0.2) is 4.79 Å². The number of aromatic nitrogens is 2. The Bertz CT molecular complexity index is 599. The Morgan fingerprint density at radius 2 is 2.00 bits per heavy atom. The van der Waals surface area contributed by atoms with Crippen molar-refractivity contribution in [1.82, 2.24) is 9.97 Å². The van der Waals surface area contributed by atoms with Gasteiger partial charge < -0.3 is 19.8 Å². The summed E-state index contributed by atoms with van der Waals surface area (Å²) in [5, 5.41) is 8.47. The van der Waals surface area contributed by atoms with Gasteiger partial charge in [0.15, 0.2) is 0 Å². The van der Waals surface area contributed by atoms with Crippen molar-refractivity contribution in [3.05, 3.63) is 28.7 Å². The van der Waals surface area contributed by atoms with Crippen molar-refractivity contribution >= 4 is 17.0 Å². The summed E-state index contributed by atoms with van der Waals surface area (Å²) in [5.74, 6) is -0.130. The lowest BCUT2D eigenvalue weighted by Crippen LogP contribution is -2.00. The van der Waals surface area contributed by atoms with Crippen LogP contribution in [0.1, 0.15) is 19.3 Å². The highest BCUT2D eigenvalue weighted by molar-refractivity contribution is 5.75. The van der Waals surface area contributed by atoms with Gasteiger partial charge in [-0.15, -0.1) is 0 Å². The number of carboxylic acid groups (broad SMARTS) is 1. The molecule has 1 aromatic heterocycles. The van der Waals surface area contributed by atoms with Crippen LogP contribution >= 0.6 is 0 Å². The van der Waals surface area contributed by atoms with E-state index in [1.54, 1.807) is 18.2 Å². The molecule has 0 fully saturated rings. The fourth-order valence-corrected chi connectivity index (χ4v) is 1.67. The van der Waals surface area contributed by atoms with Crippen molar-refractivity contribution in [1.29, 1.82) is 0 Å². The van der Waals surface area contributed by atoms with Gasteiger partial charge in [-0.3, -0.25) is 4.79 Å². The molecule has 0 aliphatic rings. The number of hydrogen-bond donors (Lipinski definition) is 3. The third kappa shape index (κ3) is 3.13. The molecule has 0 amide bonds. The summed E-state index contributed by atoms with van der Waals surface area (Å²) in [4.78, 5) is 26.6. The molecule has 0 bridgehead atoms. The van der Waals surface area contributed by atoms with Gasteiger partial charge in [0.25, 0.3) is 0 Å². The fraction of sp³-hybridized carbons (Fsp3) is 0.333. The number of fused-ring (bicyclic) bond motifs is 1. The van der Waals surface area contributed by atoms with E-state index in [1.807, 2.05) is 0 Å². The lowest BCUT2D eigenvalue weighted by Gasteiger charge is -2.05. The van der Waals surface area contributed by atoms with Gasteiger partial charge in [-0.2, -0.15) is 0 Å². The Hall–Kier alpha value is -2.24. The fourth-order valence-electron chi connectivity index (χ4n) is 1.67. The highest BCUT2D eigenvalue weighted by Gasteiger charge is 2.01. The third-order valence-corrected chi connectivity index (χ3v) is 2.54. The van der Waals surface area contributed by atoms with E-state index in [9.17, 15) is 9.59 Å². The van der Waals surface area contributed by atoms with Gasteiger partial charge >= 0.3 is 11.7 Å². The second-order valence-corrected chi connectivity index (χ2v) is 3.99. The van der Waals surface area contributed by atoms with Gasteiger partial charge in [-0.1, -0.05) is 0 Å². The minimum atomic E-state index is -0.790. The first-order chi connectivity index (χ1) is 8.65. The average molecular weight is 250 g/mol. The van der Waals surface area contributed by atoms with E-state index in [0.717, 1.165) is 5.52 Å². The Morgan fingerprint density at radius 1 is 1.22 bits per heavy atom. The van der Waals surface area contributed by atoms with Crippen molar-refractivity contribution in [2.24, 2.45) is 0 Å². The maximum Gasteiger partial charge on any atom is 0.323 e.